The highest BCUT2D eigenvalue weighted by atomic mass is 32.1. The number of nitrogens with zero attached hydrogens (tertiary/aromatic N) is 1. The normalized spacial score (nSPS) is 11.5. The molecule has 0 saturated carbocycles. The molecule has 0 aliphatic heterocycles. The van der Waals surface area contributed by atoms with Gasteiger partial charge in [0, 0.05) is 18.4 Å². The Morgan fingerprint density at radius 1 is 1.58 bits per heavy atom. The van der Waals surface area contributed by atoms with Crippen LogP contribution in [0.4, 0.5) is 0 Å². The lowest BCUT2D eigenvalue weighted by Crippen LogP contribution is -2.23. The molecule has 0 bridgehead atoms. The summed E-state index contributed by atoms with van der Waals surface area (Å²) in [7, 11) is 1.30. The van der Waals surface area contributed by atoms with E-state index in [1.807, 2.05) is 6.92 Å². The van der Waals surface area contributed by atoms with Crippen molar-refractivity contribution < 1.29 is 14.3 Å². The van der Waals surface area contributed by atoms with Crippen molar-refractivity contribution in [3.8, 4) is 11.8 Å². The largest absolute Gasteiger partial charge is 0.466 e. The summed E-state index contributed by atoms with van der Waals surface area (Å²) in [6, 6.07) is -0.135. The molecule has 1 aromatic rings. The van der Waals surface area contributed by atoms with Gasteiger partial charge in [-0.2, -0.15) is 0 Å². The van der Waals surface area contributed by atoms with Crippen LogP contribution in [0.25, 0.3) is 0 Å². The second-order valence-electron chi connectivity index (χ2n) is 3.62. The number of carbonyl (C=O) groups excluding carboxylic acids is 2. The quantitative estimate of drug-likeness (QED) is 0.516. The average Bonchev–Trinajstić information content (AvgIpc) is 2.82. The Bertz CT molecular complexity index is 552. The Balaban J connectivity index is 2.65. The lowest BCUT2D eigenvalue weighted by molar-refractivity contribution is -0.134. The average molecular weight is 278 g/mol. The molecule has 6 heteroatoms. The summed E-state index contributed by atoms with van der Waals surface area (Å²) in [6.45, 7) is 3.32. The van der Waals surface area contributed by atoms with Crippen LogP contribution in [-0.4, -0.2) is 24.0 Å². The molecule has 1 heterocycles. The van der Waals surface area contributed by atoms with Gasteiger partial charge in [0.2, 0.25) is 5.91 Å². The predicted octanol–water partition coefficient (Wildman–Crippen LogP) is 1.42. The second kappa shape index (κ2) is 7.34. The van der Waals surface area contributed by atoms with Gasteiger partial charge in [-0.05, 0) is 18.9 Å². The van der Waals surface area contributed by atoms with Crippen LogP contribution in [-0.2, 0) is 14.3 Å². The number of hydrogen-bond donors (Lipinski definition) is 1. The van der Waals surface area contributed by atoms with Gasteiger partial charge in [0.1, 0.15) is 10.7 Å². The molecule has 0 radical (unpaired) electrons. The number of nitrogens with one attached hydrogen (secondary N) is 1. The molecule has 1 N–H and O–H groups in total. The molecule has 0 aromatic carbocycles. The SMILES string of the molecule is COC(=O)/C=C/C#Cc1csc([C@@H](C)NC(C)=O)n1. The number of aromatic nitrogens is 1. The van der Waals surface area contributed by atoms with Gasteiger partial charge in [-0.3, -0.25) is 4.79 Å². The molecule has 19 heavy (non-hydrogen) atoms. The van der Waals surface area contributed by atoms with Gasteiger partial charge in [0.05, 0.1) is 13.2 Å². The predicted molar refractivity (Wildman–Crippen MR) is 72.4 cm³/mol. The topological polar surface area (TPSA) is 68.3 Å². The summed E-state index contributed by atoms with van der Waals surface area (Å²) in [5.74, 6) is 4.93. The summed E-state index contributed by atoms with van der Waals surface area (Å²) in [5, 5.41) is 5.33. The van der Waals surface area contributed by atoms with Crippen molar-refractivity contribution in [3.63, 3.8) is 0 Å². The van der Waals surface area contributed by atoms with Crippen LogP contribution in [0.2, 0.25) is 0 Å². The fourth-order valence-corrected chi connectivity index (χ4v) is 1.96. The van der Waals surface area contributed by atoms with Gasteiger partial charge in [-0.15, -0.1) is 11.3 Å². The van der Waals surface area contributed by atoms with E-state index in [0.717, 1.165) is 5.01 Å². The minimum atomic E-state index is -0.451. The van der Waals surface area contributed by atoms with Crippen LogP contribution >= 0.6 is 11.3 Å². The van der Waals surface area contributed by atoms with Crippen LogP contribution in [0.1, 0.15) is 30.6 Å². The smallest absolute Gasteiger partial charge is 0.331 e. The van der Waals surface area contributed by atoms with E-state index in [9.17, 15) is 9.59 Å². The van der Waals surface area contributed by atoms with E-state index in [2.05, 4.69) is 26.9 Å². The minimum absolute atomic E-state index is 0.101. The number of amides is 1. The first-order chi connectivity index (χ1) is 9.02. The van der Waals surface area contributed by atoms with E-state index in [0.29, 0.717) is 5.69 Å². The molecule has 1 atom stereocenters. The maximum atomic E-state index is 10.9. The number of methoxy groups -OCH3 is 1. The van der Waals surface area contributed by atoms with E-state index in [1.165, 1.54) is 37.5 Å². The minimum Gasteiger partial charge on any atom is -0.466 e. The van der Waals surface area contributed by atoms with E-state index in [-0.39, 0.29) is 11.9 Å². The zero-order chi connectivity index (χ0) is 14.3. The Morgan fingerprint density at radius 2 is 2.32 bits per heavy atom. The molecule has 0 saturated heterocycles. The molecule has 0 fully saturated rings. The van der Waals surface area contributed by atoms with Crippen molar-refractivity contribution in [3.05, 3.63) is 28.2 Å². The Hall–Kier alpha value is -2.13. The third-order valence-corrected chi connectivity index (χ3v) is 3.04. The van der Waals surface area contributed by atoms with Crippen LogP contribution in [0.15, 0.2) is 17.5 Å². The Morgan fingerprint density at radius 3 is 2.95 bits per heavy atom. The van der Waals surface area contributed by atoms with Gasteiger partial charge in [0.15, 0.2) is 0 Å². The van der Waals surface area contributed by atoms with E-state index in [1.54, 1.807) is 5.38 Å². The number of rotatable bonds is 3. The highest BCUT2D eigenvalue weighted by Gasteiger charge is 2.10. The highest BCUT2D eigenvalue weighted by Crippen LogP contribution is 2.17. The summed E-state index contributed by atoms with van der Waals surface area (Å²) < 4.78 is 4.43. The highest BCUT2D eigenvalue weighted by molar-refractivity contribution is 7.09. The molecule has 1 amide bonds. The number of carbonyl (C=O) groups is 2. The molecule has 0 unspecified atom stereocenters. The van der Waals surface area contributed by atoms with E-state index in [4.69, 9.17) is 0 Å². The van der Waals surface area contributed by atoms with Gasteiger partial charge in [-0.1, -0.05) is 5.92 Å². The maximum Gasteiger partial charge on any atom is 0.331 e. The van der Waals surface area contributed by atoms with Crippen molar-refractivity contribution in [1.82, 2.24) is 10.3 Å². The van der Waals surface area contributed by atoms with Gasteiger partial charge >= 0.3 is 5.97 Å². The van der Waals surface area contributed by atoms with Gasteiger partial charge < -0.3 is 10.1 Å². The van der Waals surface area contributed by atoms with Crippen LogP contribution in [0.3, 0.4) is 0 Å². The molecule has 1 aromatic heterocycles. The van der Waals surface area contributed by atoms with Crippen molar-refractivity contribution in [1.29, 1.82) is 0 Å². The summed E-state index contributed by atoms with van der Waals surface area (Å²) >= 11 is 1.42. The van der Waals surface area contributed by atoms with Crippen LogP contribution in [0.5, 0.6) is 0 Å². The summed E-state index contributed by atoms with van der Waals surface area (Å²) in [6.07, 6.45) is 2.64. The fraction of sp³-hybridized carbons (Fsp3) is 0.308. The number of hydrogen-bond acceptors (Lipinski definition) is 5. The Labute approximate surface area is 115 Å². The molecule has 0 spiro atoms. The number of thiazole rings is 1. The standard InChI is InChI=1S/C13H14N2O3S/c1-9(14-10(2)16)13-15-11(8-19-13)6-4-5-7-12(17)18-3/h5,7-9H,1-3H3,(H,14,16)/b7-5+/t9-/m1/s1. The van der Waals surface area contributed by atoms with E-state index >= 15 is 0 Å². The first kappa shape index (κ1) is 14.9. The van der Waals surface area contributed by atoms with E-state index < -0.39 is 5.97 Å². The van der Waals surface area contributed by atoms with Crippen LogP contribution < -0.4 is 5.32 Å². The second-order valence-corrected chi connectivity index (χ2v) is 4.51. The molecule has 1 rings (SSSR count). The molecule has 0 aliphatic carbocycles. The lowest BCUT2D eigenvalue weighted by atomic mass is 10.3. The third kappa shape index (κ3) is 5.36. The van der Waals surface area contributed by atoms with Crippen molar-refractivity contribution in [2.45, 2.75) is 19.9 Å². The molecular formula is C13H14N2O3S. The third-order valence-electron chi connectivity index (χ3n) is 2.02. The first-order valence-electron chi connectivity index (χ1n) is 5.51. The monoisotopic (exact) mass is 278 g/mol. The number of allylic oxidation sites excluding steroid dienone is 1. The molecule has 5 nitrogen and oxygen atoms in total. The first-order valence-corrected chi connectivity index (χ1v) is 6.39. The van der Waals surface area contributed by atoms with Crippen molar-refractivity contribution in [2.75, 3.05) is 7.11 Å². The number of ether oxygens (including phenoxy) is 1. The van der Waals surface area contributed by atoms with Crippen molar-refractivity contribution >= 4 is 23.2 Å². The zero-order valence-corrected chi connectivity index (χ0v) is 11.7. The van der Waals surface area contributed by atoms with Crippen molar-refractivity contribution in [2.24, 2.45) is 0 Å². The Kier molecular flexibility index (Phi) is 5.76. The van der Waals surface area contributed by atoms with Gasteiger partial charge in [0.25, 0.3) is 0 Å². The molecular weight excluding hydrogens is 264 g/mol. The summed E-state index contributed by atoms with van der Waals surface area (Å²) in [5.41, 5.74) is 0.603. The fourth-order valence-electron chi connectivity index (χ4n) is 1.20. The lowest BCUT2D eigenvalue weighted by Gasteiger charge is -2.07. The molecule has 100 valence electrons. The number of esters is 1. The zero-order valence-electron chi connectivity index (χ0n) is 10.9. The van der Waals surface area contributed by atoms with Gasteiger partial charge in [-0.25, -0.2) is 9.78 Å². The molecule has 0 aliphatic rings. The van der Waals surface area contributed by atoms with Crippen LogP contribution in [0, 0.1) is 11.8 Å². The summed E-state index contributed by atoms with van der Waals surface area (Å²) in [4.78, 5) is 26.0. The maximum absolute atomic E-state index is 10.9.